The zero-order chi connectivity index (χ0) is 21.0. The summed E-state index contributed by atoms with van der Waals surface area (Å²) in [5.41, 5.74) is 0.809. The van der Waals surface area contributed by atoms with Crippen molar-refractivity contribution in [2.75, 3.05) is 20.2 Å². The topological polar surface area (TPSA) is 68.5 Å². The Hall–Kier alpha value is -2.37. The molecule has 0 spiro atoms. The number of piperidine rings is 1. The molecule has 6 heteroatoms. The van der Waals surface area contributed by atoms with Gasteiger partial charge in [-0.1, -0.05) is 17.3 Å². The third kappa shape index (κ3) is 3.35. The molecular formula is C25H31N3O3. The fraction of sp³-hybridized carbons (Fsp3) is 0.640. The van der Waals surface area contributed by atoms with E-state index in [1.165, 1.54) is 19.3 Å². The lowest BCUT2D eigenvalue weighted by Gasteiger charge is -2.57. The second kappa shape index (κ2) is 7.35. The first-order chi connectivity index (χ1) is 15.1. The van der Waals surface area contributed by atoms with E-state index in [9.17, 15) is 4.79 Å². The largest absolute Gasteiger partial charge is 0.497 e. The van der Waals surface area contributed by atoms with E-state index in [4.69, 9.17) is 14.2 Å². The molecule has 4 aliphatic carbocycles. The zero-order valence-electron chi connectivity index (χ0n) is 18.3. The molecule has 0 radical (unpaired) electrons. The van der Waals surface area contributed by atoms with Crippen LogP contribution in [0.1, 0.15) is 63.2 Å². The standard InChI is InChI=1S/C25H31N3O3/c1-30-21-6-2-4-19(11-21)22-26-23(31-27-22)20-5-3-7-28(15-20)24(29)25-12-16-8-17(13-25)10-18(9-16)14-25/h2,4,6,11,16-18,20H,3,5,7-10,12-15H2,1H3/t16?,17?,18?,20-,25?/m1/s1. The summed E-state index contributed by atoms with van der Waals surface area (Å²) in [4.78, 5) is 20.6. The summed E-state index contributed by atoms with van der Waals surface area (Å²) in [5.74, 6) is 4.92. The van der Waals surface area contributed by atoms with E-state index >= 15 is 0 Å². The molecule has 4 saturated carbocycles. The normalized spacial score (nSPS) is 34.2. The van der Waals surface area contributed by atoms with Crippen molar-refractivity contribution in [1.82, 2.24) is 15.0 Å². The summed E-state index contributed by atoms with van der Waals surface area (Å²) in [6, 6.07) is 7.70. The SMILES string of the molecule is COc1cccc(-c2noc([C@@H]3CCCN(C(=O)C45CC6CC(CC(C6)C4)C5)C3)n2)c1. The monoisotopic (exact) mass is 421 g/mol. The minimum Gasteiger partial charge on any atom is -0.497 e. The predicted molar refractivity (Wildman–Crippen MR) is 115 cm³/mol. The highest BCUT2D eigenvalue weighted by Crippen LogP contribution is 2.60. The number of aromatic nitrogens is 2. The van der Waals surface area contributed by atoms with Gasteiger partial charge in [-0.05, 0) is 81.3 Å². The number of carbonyl (C=O) groups excluding carboxylic acids is 1. The maximum atomic E-state index is 13.8. The van der Waals surface area contributed by atoms with Crippen molar-refractivity contribution in [2.45, 2.75) is 57.3 Å². The molecule has 6 nitrogen and oxygen atoms in total. The number of amides is 1. The van der Waals surface area contributed by atoms with E-state index in [1.54, 1.807) is 7.11 Å². The van der Waals surface area contributed by atoms with Crippen LogP contribution in [0.2, 0.25) is 0 Å². The highest BCUT2D eigenvalue weighted by atomic mass is 16.5. The molecule has 4 bridgehead atoms. The van der Waals surface area contributed by atoms with Gasteiger partial charge in [-0.25, -0.2) is 0 Å². The van der Waals surface area contributed by atoms with Gasteiger partial charge >= 0.3 is 0 Å². The summed E-state index contributed by atoms with van der Waals surface area (Å²) in [7, 11) is 1.65. The number of rotatable bonds is 4. The lowest BCUT2D eigenvalue weighted by atomic mass is 9.49. The van der Waals surface area contributed by atoms with E-state index < -0.39 is 0 Å². The first kappa shape index (κ1) is 19.3. The van der Waals surface area contributed by atoms with Gasteiger partial charge in [0.15, 0.2) is 0 Å². The number of ether oxygens (including phenoxy) is 1. The highest BCUT2D eigenvalue weighted by molar-refractivity contribution is 5.83. The average Bonchev–Trinajstić information content (AvgIpc) is 3.28. The van der Waals surface area contributed by atoms with Crippen molar-refractivity contribution in [3.8, 4) is 17.1 Å². The van der Waals surface area contributed by atoms with Crippen LogP contribution in [0.3, 0.4) is 0 Å². The first-order valence-electron chi connectivity index (χ1n) is 11.9. The van der Waals surface area contributed by atoms with Crippen LogP contribution < -0.4 is 4.74 Å². The average molecular weight is 422 g/mol. The Morgan fingerprint density at radius 3 is 2.61 bits per heavy atom. The quantitative estimate of drug-likeness (QED) is 0.718. The Labute approximate surface area is 183 Å². The van der Waals surface area contributed by atoms with Crippen molar-refractivity contribution < 1.29 is 14.1 Å². The molecular weight excluding hydrogens is 390 g/mol. The second-order valence-corrected chi connectivity index (χ2v) is 10.5. The summed E-state index contributed by atoms with van der Waals surface area (Å²) in [6.07, 6.45) is 9.46. The number of likely N-dealkylation sites (tertiary alicyclic amines) is 1. The Bertz CT molecular complexity index is 949. The fourth-order valence-corrected chi connectivity index (χ4v) is 7.35. The summed E-state index contributed by atoms with van der Waals surface area (Å²) in [6.45, 7) is 1.58. The maximum Gasteiger partial charge on any atom is 0.231 e. The fourth-order valence-electron chi connectivity index (χ4n) is 7.35. The van der Waals surface area contributed by atoms with Gasteiger partial charge in [-0.15, -0.1) is 0 Å². The third-order valence-corrected chi connectivity index (χ3v) is 8.32. The number of hydrogen-bond donors (Lipinski definition) is 0. The van der Waals surface area contributed by atoms with E-state index in [1.807, 2.05) is 24.3 Å². The molecule has 1 atom stereocenters. The molecule has 1 aliphatic heterocycles. The van der Waals surface area contributed by atoms with Gasteiger partial charge in [-0.2, -0.15) is 4.98 Å². The molecule has 1 amide bonds. The smallest absolute Gasteiger partial charge is 0.231 e. The van der Waals surface area contributed by atoms with Crippen molar-refractivity contribution in [3.05, 3.63) is 30.2 Å². The molecule has 2 aromatic rings. The van der Waals surface area contributed by atoms with Crippen LogP contribution in [0, 0.1) is 23.2 Å². The molecule has 0 N–H and O–H groups in total. The minimum atomic E-state index is -0.0722. The maximum absolute atomic E-state index is 13.8. The number of hydrogen-bond acceptors (Lipinski definition) is 5. The van der Waals surface area contributed by atoms with Crippen molar-refractivity contribution in [3.63, 3.8) is 0 Å². The van der Waals surface area contributed by atoms with Crippen LogP contribution in [0.5, 0.6) is 5.75 Å². The Morgan fingerprint density at radius 1 is 1.16 bits per heavy atom. The summed E-state index contributed by atoms with van der Waals surface area (Å²) in [5, 5.41) is 4.22. The molecule has 1 aromatic carbocycles. The molecule has 7 rings (SSSR count). The van der Waals surface area contributed by atoms with Gasteiger partial charge in [-0.3, -0.25) is 4.79 Å². The predicted octanol–water partition coefficient (Wildman–Crippen LogP) is 4.67. The van der Waals surface area contributed by atoms with Crippen molar-refractivity contribution >= 4 is 5.91 Å². The number of nitrogens with zero attached hydrogens (tertiary/aromatic N) is 3. The first-order valence-corrected chi connectivity index (χ1v) is 11.9. The van der Waals surface area contributed by atoms with Gasteiger partial charge < -0.3 is 14.2 Å². The molecule has 164 valence electrons. The molecule has 1 saturated heterocycles. The van der Waals surface area contributed by atoms with Crippen LogP contribution in [-0.4, -0.2) is 41.1 Å². The zero-order valence-corrected chi connectivity index (χ0v) is 18.3. The van der Waals surface area contributed by atoms with Gasteiger partial charge in [0.2, 0.25) is 17.6 Å². The summed E-state index contributed by atoms with van der Waals surface area (Å²) < 4.78 is 11.0. The van der Waals surface area contributed by atoms with E-state index in [0.717, 1.165) is 67.7 Å². The number of benzene rings is 1. The van der Waals surface area contributed by atoms with E-state index in [0.29, 0.717) is 24.2 Å². The van der Waals surface area contributed by atoms with Crippen LogP contribution in [0.25, 0.3) is 11.4 Å². The van der Waals surface area contributed by atoms with Gasteiger partial charge in [0, 0.05) is 18.7 Å². The molecule has 1 aromatic heterocycles. The minimum absolute atomic E-state index is 0.0722. The Balaban J connectivity index is 1.19. The molecule has 2 heterocycles. The number of methoxy groups -OCH3 is 1. The van der Waals surface area contributed by atoms with Crippen molar-refractivity contribution in [1.29, 1.82) is 0 Å². The van der Waals surface area contributed by atoms with Crippen LogP contribution in [0.4, 0.5) is 0 Å². The summed E-state index contributed by atoms with van der Waals surface area (Å²) >= 11 is 0. The van der Waals surface area contributed by atoms with E-state index in [2.05, 4.69) is 10.1 Å². The lowest BCUT2D eigenvalue weighted by molar-refractivity contribution is -0.159. The van der Waals surface area contributed by atoms with Crippen LogP contribution >= 0.6 is 0 Å². The molecule has 5 fully saturated rings. The van der Waals surface area contributed by atoms with E-state index in [-0.39, 0.29) is 11.3 Å². The van der Waals surface area contributed by atoms with Gasteiger partial charge in [0.05, 0.1) is 18.4 Å². The molecule has 0 unspecified atom stereocenters. The van der Waals surface area contributed by atoms with Crippen LogP contribution in [-0.2, 0) is 4.79 Å². The third-order valence-electron chi connectivity index (χ3n) is 8.32. The lowest BCUT2D eigenvalue weighted by Crippen LogP contribution is -2.55. The van der Waals surface area contributed by atoms with Gasteiger partial charge in [0.1, 0.15) is 5.75 Å². The second-order valence-electron chi connectivity index (χ2n) is 10.5. The Morgan fingerprint density at radius 2 is 1.90 bits per heavy atom. The molecule has 31 heavy (non-hydrogen) atoms. The Kier molecular flexibility index (Phi) is 4.58. The molecule has 5 aliphatic rings. The highest BCUT2D eigenvalue weighted by Gasteiger charge is 2.55. The van der Waals surface area contributed by atoms with Crippen LogP contribution in [0.15, 0.2) is 28.8 Å². The number of carbonyl (C=O) groups is 1. The van der Waals surface area contributed by atoms with Crippen molar-refractivity contribution in [2.24, 2.45) is 23.2 Å². The van der Waals surface area contributed by atoms with Gasteiger partial charge in [0.25, 0.3) is 0 Å².